The summed E-state index contributed by atoms with van der Waals surface area (Å²) in [4.78, 5) is 7.02. The maximum Gasteiger partial charge on any atom is 0.0785 e. The van der Waals surface area contributed by atoms with Crippen LogP contribution in [0.5, 0.6) is 0 Å². The van der Waals surface area contributed by atoms with Crippen molar-refractivity contribution >= 4 is 110 Å². The van der Waals surface area contributed by atoms with Crippen LogP contribution in [0.4, 0.5) is 4.39 Å². The molecule has 4 aromatic heterocycles. The van der Waals surface area contributed by atoms with Crippen molar-refractivity contribution in [3.05, 3.63) is 289 Å². The number of H-pyrrole nitrogens is 2. The molecule has 16 aromatic rings. The molecule has 4 heterocycles. The van der Waals surface area contributed by atoms with Gasteiger partial charge in [-0.25, -0.2) is 0 Å². The van der Waals surface area contributed by atoms with E-state index in [1.54, 1.807) is 0 Å². The van der Waals surface area contributed by atoms with E-state index in [4.69, 9.17) is 1.37 Å². The van der Waals surface area contributed by atoms with Gasteiger partial charge in [0.15, 0.2) is 0 Å². The number of hydrogen-bond acceptors (Lipinski definition) is 0. The number of aromatic amines is 2. The van der Waals surface area contributed by atoms with Gasteiger partial charge in [-0.2, -0.15) is 0 Å². The first-order valence-corrected chi connectivity index (χ1v) is 27.5. The fourth-order valence-electron chi connectivity index (χ4n) is 11.5. The summed E-state index contributed by atoms with van der Waals surface area (Å²) >= 11 is 2.32. The predicted octanol–water partition coefficient (Wildman–Crippen LogP) is 20.7. The first kappa shape index (κ1) is 50.6. The van der Waals surface area contributed by atoms with Gasteiger partial charge in [0.25, 0.3) is 0 Å². The third kappa shape index (κ3) is 9.55. The molecular formula is C73H52FIN4V. The number of hydrogen-bond donors (Lipinski definition) is 2. The zero-order valence-electron chi connectivity index (χ0n) is 44.4. The first-order chi connectivity index (χ1) is 39.5. The molecule has 0 saturated carbocycles. The number of benzene rings is 12. The molecule has 1 radical (unpaired) electrons. The summed E-state index contributed by atoms with van der Waals surface area (Å²) in [5.74, 6) is 0. The average molecular weight is 1180 g/mol. The monoisotopic (exact) mass is 1180 g/mol. The second-order valence-corrected chi connectivity index (χ2v) is 20.8. The third-order valence-corrected chi connectivity index (χ3v) is 15.7. The van der Waals surface area contributed by atoms with Crippen LogP contribution >= 0.6 is 22.6 Å². The maximum absolute atomic E-state index is 9.96. The number of nitrogens with zero attached hydrogens (tertiary/aromatic N) is 2. The van der Waals surface area contributed by atoms with Crippen LogP contribution in [0.15, 0.2) is 285 Å². The normalized spacial score (nSPS) is 11.2. The van der Waals surface area contributed by atoms with Crippen molar-refractivity contribution in [2.45, 2.75) is 0 Å². The van der Waals surface area contributed by atoms with Gasteiger partial charge in [0, 0.05) is 98.7 Å². The van der Waals surface area contributed by atoms with E-state index < -0.39 is 7.15 Å². The largest absolute Gasteiger partial charge is 0.354 e. The van der Waals surface area contributed by atoms with E-state index in [0.29, 0.717) is 0 Å². The smallest absolute Gasteiger partial charge is 0.0785 e. The van der Waals surface area contributed by atoms with Gasteiger partial charge < -0.3 is 19.1 Å². The Labute approximate surface area is 490 Å². The minimum atomic E-state index is -1.00. The molecule has 0 atom stereocenters. The summed E-state index contributed by atoms with van der Waals surface area (Å²) in [7, 11) is -1.00. The van der Waals surface area contributed by atoms with Gasteiger partial charge in [-0.15, -0.1) is 0 Å². The minimum absolute atomic E-state index is 0. The van der Waals surface area contributed by atoms with Gasteiger partial charge in [-0.1, -0.05) is 200 Å². The summed E-state index contributed by atoms with van der Waals surface area (Å²) in [6.45, 7) is 0. The van der Waals surface area contributed by atoms with Gasteiger partial charge in [0.2, 0.25) is 0 Å². The van der Waals surface area contributed by atoms with Crippen LogP contribution < -0.4 is 0 Å². The van der Waals surface area contributed by atoms with Crippen LogP contribution in [0.1, 0.15) is 1.37 Å². The van der Waals surface area contributed by atoms with Crippen molar-refractivity contribution in [3.8, 4) is 44.8 Å². The van der Waals surface area contributed by atoms with E-state index in [1.807, 2.05) is 6.07 Å². The Morgan fingerprint density at radius 3 is 0.975 bits per heavy atom. The molecule has 0 spiro atoms. The van der Waals surface area contributed by atoms with Crippen molar-refractivity contribution in [2.75, 3.05) is 7.15 Å². The number of rotatable bonds is 5. The molecule has 0 fully saturated rings. The standard InChI is InChI=1S/C42H28N2.C18H12N2.C12H9I.CH3F.V/c1-3-11-29(12-4-1)31-19-23-33(24-20-31)43-37-17-9-7-15-35(37)41-39(43)27-28-40-42(41)36-16-8-10-18-38(36)44(40)34-25-21-32(22-26-34)30-13-5-2-6-14-30;1-3-7-13-11(5-1)17-15(19-13)9-10-16-18(17)12-6-2-4-8-14(12)20-16;13-12-8-6-11(7-9-12)10-4-2-1-3-5-10;1-2;/h1-28H;1-10,19-20H;1-9H;1H3;/i;;;1D;. The van der Waals surface area contributed by atoms with Gasteiger partial charge >= 0.3 is 0 Å². The summed E-state index contributed by atoms with van der Waals surface area (Å²) < 4.78 is 21.6. The third-order valence-electron chi connectivity index (χ3n) is 15.0. The van der Waals surface area contributed by atoms with Crippen LogP contribution in [0.3, 0.4) is 0 Å². The number of alkyl halides is 1. The fraction of sp³-hybridized carbons (Fsp3) is 0.0137. The van der Waals surface area contributed by atoms with Crippen LogP contribution in [-0.4, -0.2) is 26.3 Å². The summed E-state index contributed by atoms with van der Waals surface area (Å²) in [5, 5.41) is 10.3. The van der Waals surface area contributed by atoms with Crippen LogP contribution in [0.25, 0.3) is 132 Å². The Morgan fingerprint density at radius 2 is 0.600 bits per heavy atom. The molecule has 0 bridgehead atoms. The van der Waals surface area contributed by atoms with Crippen molar-refractivity contribution in [1.29, 1.82) is 0 Å². The average Bonchev–Trinajstić information content (AvgIpc) is 4.47. The molecule has 4 nitrogen and oxygen atoms in total. The predicted molar refractivity (Wildman–Crippen MR) is 343 cm³/mol. The first-order valence-electron chi connectivity index (χ1n) is 27.1. The second-order valence-electron chi connectivity index (χ2n) is 19.5. The van der Waals surface area contributed by atoms with E-state index in [9.17, 15) is 4.39 Å². The topological polar surface area (TPSA) is 41.4 Å². The molecule has 80 heavy (non-hydrogen) atoms. The summed E-state index contributed by atoms with van der Waals surface area (Å²) in [6.07, 6.45) is 0. The van der Waals surface area contributed by atoms with Crippen LogP contribution in [-0.2, 0) is 18.6 Å². The quantitative estimate of drug-likeness (QED) is 0.161. The number of fused-ring (bicyclic) bond motifs is 14. The van der Waals surface area contributed by atoms with Crippen molar-refractivity contribution in [3.63, 3.8) is 0 Å². The SMILES string of the molecule is Ic1ccc(-c2ccccc2)cc1.[2H]CF.[V].c1ccc(-c2ccc(-n3c4ccccc4c4c5c6ccccc6n(-c6ccc(-c7ccccc7)cc6)c5ccc43)cc2)cc1.c1ccc2c(c1)[nH]c1ccc3[nH]c4ccccc4c3c12. The Bertz CT molecular complexity index is 4540. The summed E-state index contributed by atoms with van der Waals surface area (Å²) in [6, 6.07) is 102. The number of para-hydroxylation sites is 4. The molecule has 12 aromatic carbocycles. The molecule has 383 valence electrons. The van der Waals surface area contributed by atoms with E-state index in [-0.39, 0.29) is 18.6 Å². The Balaban J connectivity index is 0.000000144. The van der Waals surface area contributed by atoms with E-state index in [2.05, 4.69) is 321 Å². The van der Waals surface area contributed by atoms with Gasteiger partial charge in [-0.05, 0) is 141 Å². The van der Waals surface area contributed by atoms with Gasteiger partial charge in [0.05, 0.1) is 30.6 Å². The summed E-state index contributed by atoms with van der Waals surface area (Å²) in [5.41, 5.74) is 19.4. The molecule has 0 aliphatic rings. The zero-order chi connectivity index (χ0) is 53.9. The molecule has 0 unspecified atom stereocenters. The van der Waals surface area contributed by atoms with Gasteiger partial charge in [0.1, 0.15) is 0 Å². The Hall–Kier alpha value is -8.92. The molecule has 0 aliphatic heterocycles. The van der Waals surface area contributed by atoms with E-state index in [1.165, 1.54) is 124 Å². The van der Waals surface area contributed by atoms with Crippen molar-refractivity contribution in [1.82, 2.24) is 19.1 Å². The number of halogens is 2. The van der Waals surface area contributed by atoms with Gasteiger partial charge in [-0.3, -0.25) is 4.39 Å². The van der Waals surface area contributed by atoms with Crippen molar-refractivity contribution < 1.29 is 24.3 Å². The van der Waals surface area contributed by atoms with E-state index >= 15 is 0 Å². The molecule has 16 rings (SSSR count). The van der Waals surface area contributed by atoms with E-state index in [0.717, 1.165) is 11.4 Å². The Kier molecular flexibility index (Phi) is 14.4. The Morgan fingerprint density at radius 1 is 0.300 bits per heavy atom. The maximum atomic E-state index is 9.96. The second kappa shape index (κ2) is 22.8. The molecule has 0 aliphatic carbocycles. The molecule has 2 N–H and O–H groups in total. The number of nitrogens with one attached hydrogen (secondary N) is 2. The van der Waals surface area contributed by atoms with Crippen LogP contribution in [0.2, 0.25) is 0 Å². The van der Waals surface area contributed by atoms with Crippen molar-refractivity contribution in [2.24, 2.45) is 0 Å². The van der Waals surface area contributed by atoms with Crippen LogP contribution in [0, 0.1) is 3.57 Å². The fourth-order valence-corrected chi connectivity index (χ4v) is 11.9. The number of aromatic nitrogens is 4. The molecular weight excluding hydrogens is 1130 g/mol. The molecule has 0 amide bonds. The zero-order valence-corrected chi connectivity index (χ0v) is 47.0. The molecule has 0 saturated heterocycles. The minimum Gasteiger partial charge on any atom is -0.354 e. The molecule has 7 heteroatoms.